The van der Waals surface area contributed by atoms with E-state index in [2.05, 4.69) is 25.6 Å². The lowest BCUT2D eigenvalue weighted by atomic mass is 9.92. The highest BCUT2D eigenvalue weighted by molar-refractivity contribution is 7.92. The van der Waals surface area contributed by atoms with Crippen molar-refractivity contribution in [3.63, 3.8) is 0 Å². The topological polar surface area (TPSA) is 153 Å². The number of sulfonamides is 1. The minimum Gasteiger partial charge on any atom is -0.346 e. The second kappa shape index (κ2) is 14.1. The van der Waals surface area contributed by atoms with Crippen molar-refractivity contribution in [2.24, 2.45) is 13.0 Å². The molecule has 3 atom stereocenters. The summed E-state index contributed by atoms with van der Waals surface area (Å²) < 4.78 is 117. The molecule has 7 rings (SSSR count). The van der Waals surface area contributed by atoms with Crippen LogP contribution in [0.15, 0.2) is 36.4 Å². The van der Waals surface area contributed by atoms with E-state index in [0.29, 0.717) is 27.7 Å². The van der Waals surface area contributed by atoms with Gasteiger partial charge in [0.2, 0.25) is 21.8 Å². The number of pyridine rings is 1. The summed E-state index contributed by atoms with van der Waals surface area (Å²) in [7, 11) is -2.32. The molecule has 1 aliphatic carbocycles. The Morgan fingerprint density at radius 1 is 1.05 bits per heavy atom. The van der Waals surface area contributed by atoms with E-state index in [-0.39, 0.29) is 69.3 Å². The molecule has 12 nitrogen and oxygen atoms in total. The number of hydrogen-bond acceptors (Lipinski definition) is 7. The molecule has 0 saturated heterocycles. The minimum absolute atomic E-state index is 0.0559. The Morgan fingerprint density at radius 3 is 2.41 bits per heavy atom. The zero-order chi connectivity index (χ0) is 40.6. The number of nitrogens with one attached hydrogen (secondary N) is 3. The van der Waals surface area contributed by atoms with E-state index in [9.17, 15) is 35.6 Å². The average molecular weight is 823 g/mol. The maximum Gasteiger partial charge on any atom is 0.292 e. The molecule has 56 heavy (non-hydrogen) atoms. The molecular formula is C36H33ClF6N8O4S. The average Bonchev–Trinajstić information content (AvgIpc) is 3.69. The largest absolute Gasteiger partial charge is 0.346 e. The number of carbonyl (C=O) groups is 2. The Hall–Kier alpha value is -5.17. The van der Waals surface area contributed by atoms with Gasteiger partial charge in [0.25, 0.3) is 12.3 Å². The standard InChI is InChI=1S/C36H33ClF6N8O4S/c1-15-16(2)36(42,43)33-28(15)31(34(40)41)47-51(33)14-27(53)45-25(11-17-9-18(38)12-19(39)10-17)30-21(13-24-23(46-30)7-8-26(52)44-24)20-5-6-22(37)29-32(20)50(3)48-35(29)49-56(4,54)55/h5-6,9-10,12-13,15-16,25,34H,7-8,11,14H2,1-4H3,(H,44,52)(H,45,53)(H,48,49)/t15-,16+,25-/m0/s1. The highest BCUT2D eigenvalue weighted by Gasteiger charge is 2.55. The number of alkyl halides is 4. The fraction of sp³-hybridized carbons (Fsp3) is 0.361. The molecule has 0 bridgehead atoms. The summed E-state index contributed by atoms with van der Waals surface area (Å²) in [4.78, 5) is 31.3. The van der Waals surface area contributed by atoms with E-state index >= 15 is 8.78 Å². The molecule has 3 N–H and O–H groups in total. The van der Waals surface area contributed by atoms with Crippen molar-refractivity contribution in [2.75, 3.05) is 16.3 Å². The zero-order valence-electron chi connectivity index (χ0n) is 30.0. The van der Waals surface area contributed by atoms with E-state index in [1.165, 1.54) is 31.6 Å². The van der Waals surface area contributed by atoms with Gasteiger partial charge in [0, 0.05) is 48.6 Å². The Bertz CT molecular complexity index is 2540. The summed E-state index contributed by atoms with van der Waals surface area (Å²) in [5.74, 6) is -9.19. The van der Waals surface area contributed by atoms with Gasteiger partial charge in [-0.1, -0.05) is 31.5 Å². The molecule has 2 aliphatic rings. The predicted molar refractivity (Wildman–Crippen MR) is 194 cm³/mol. The van der Waals surface area contributed by atoms with E-state index < -0.39 is 75.7 Å². The van der Waals surface area contributed by atoms with Gasteiger partial charge in [-0.2, -0.15) is 19.0 Å². The smallest absolute Gasteiger partial charge is 0.292 e. The van der Waals surface area contributed by atoms with Crippen LogP contribution in [0.2, 0.25) is 5.02 Å². The summed E-state index contributed by atoms with van der Waals surface area (Å²) in [6, 6.07) is 6.03. The van der Waals surface area contributed by atoms with E-state index in [1.54, 1.807) is 12.1 Å². The van der Waals surface area contributed by atoms with Crippen LogP contribution in [0.25, 0.3) is 22.0 Å². The van der Waals surface area contributed by atoms with Gasteiger partial charge in [0.1, 0.15) is 29.6 Å². The van der Waals surface area contributed by atoms with Crippen LogP contribution in [0.1, 0.15) is 72.6 Å². The Kier molecular flexibility index (Phi) is 9.83. The van der Waals surface area contributed by atoms with E-state index in [4.69, 9.17) is 16.6 Å². The molecular weight excluding hydrogens is 790 g/mol. The van der Waals surface area contributed by atoms with Gasteiger partial charge in [-0.05, 0) is 42.2 Å². The molecule has 4 heterocycles. The van der Waals surface area contributed by atoms with Crippen molar-refractivity contribution in [3.05, 3.63) is 87.0 Å². The number of carbonyl (C=O) groups excluding carboxylic acids is 2. The fourth-order valence-electron chi connectivity index (χ4n) is 7.54. The predicted octanol–water partition coefficient (Wildman–Crippen LogP) is 6.90. The minimum atomic E-state index is -3.84. The number of hydrogen-bond donors (Lipinski definition) is 3. The summed E-state index contributed by atoms with van der Waals surface area (Å²) in [5.41, 5.74) is -0.303. The molecule has 5 aromatic rings. The lowest BCUT2D eigenvalue weighted by Crippen LogP contribution is -2.35. The van der Waals surface area contributed by atoms with Crippen LogP contribution in [0.5, 0.6) is 0 Å². The van der Waals surface area contributed by atoms with Gasteiger partial charge in [0.15, 0.2) is 5.82 Å². The van der Waals surface area contributed by atoms with Gasteiger partial charge in [-0.3, -0.25) is 28.7 Å². The van der Waals surface area contributed by atoms with Crippen LogP contribution in [0.3, 0.4) is 0 Å². The number of nitrogens with zero attached hydrogens (tertiary/aromatic N) is 5. The van der Waals surface area contributed by atoms with Crippen LogP contribution in [0, 0.1) is 17.6 Å². The van der Waals surface area contributed by atoms with Gasteiger partial charge in [0.05, 0.1) is 45.3 Å². The molecule has 1 aliphatic heterocycles. The highest BCUT2D eigenvalue weighted by atomic mass is 35.5. The van der Waals surface area contributed by atoms with Crippen molar-refractivity contribution in [1.29, 1.82) is 0 Å². The van der Waals surface area contributed by atoms with Crippen molar-refractivity contribution >= 4 is 55.8 Å². The van der Waals surface area contributed by atoms with Crippen LogP contribution in [0.4, 0.5) is 37.8 Å². The van der Waals surface area contributed by atoms with Crippen molar-refractivity contribution < 1.29 is 44.3 Å². The van der Waals surface area contributed by atoms with Crippen LogP contribution >= 0.6 is 11.6 Å². The van der Waals surface area contributed by atoms with Gasteiger partial charge >= 0.3 is 0 Å². The molecule has 0 spiro atoms. The van der Waals surface area contributed by atoms with Crippen molar-refractivity contribution in [2.45, 2.75) is 64.0 Å². The fourth-order valence-corrected chi connectivity index (χ4v) is 8.28. The first kappa shape index (κ1) is 39.1. The molecule has 3 aromatic heterocycles. The molecule has 2 amide bonds. The van der Waals surface area contributed by atoms with Crippen molar-refractivity contribution in [1.82, 2.24) is 29.9 Å². The normalized spacial score (nSPS) is 18.2. The molecule has 0 saturated carbocycles. The monoisotopic (exact) mass is 822 g/mol. The maximum atomic E-state index is 15.6. The van der Waals surface area contributed by atoms with Gasteiger partial charge < -0.3 is 10.6 Å². The third-order valence-electron chi connectivity index (χ3n) is 10.1. The molecule has 0 fully saturated rings. The number of fused-ring (bicyclic) bond motifs is 3. The molecule has 2 aromatic carbocycles. The highest BCUT2D eigenvalue weighted by Crippen LogP contribution is 2.54. The first-order valence-electron chi connectivity index (χ1n) is 17.2. The first-order chi connectivity index (χ1) is 26.2. The number of halogens is 7. The second-order valence-corrected chi connectivity index (χ2v) is 16.2. The van der Waals surface area contributed by atoms with Crippen LogP contribution in [-0.4, -0.2) is 51.0 Å². The van der Waals surface area contributed by atoms with Gasteiger partial charge in [-0.15, -0.1) is 0 Å². The lowest BCUT2D eigenvalue weighted by Gasteiger charge is -2.26. The molecule has 20 heteroatoms. The van der Waals surface area contributed by atoms with E-state index in [1.807, 2.05) is 0 Å². The zero-order valence-corrected chi connectivity index (χ0v) is 31.6. The third-order valence-corrected chi connectivity index (χ3v) is 11.0. The SMILES string of the molecule is C[C@@H]1c2c(C(F)F)nn(CC(=O)N[C@@H](Cc3cc(F)cc(F)c3)c3nc4c(cc3-c3ccc(Cl)c5c(NS(C)(=O)=O)nn(C)c35)NC(=O)CC4)c2C(F)(F)[C@@H]1C. The summed E-state index contributed by atoms with van der Waals surface area (Å²) in [6.07, 6.45) is -2.38. The summed E-state index contributed by atoms with van der Waals surface area (Å²) in [5, 5.41) is 13.8. The molecule has 0 unspecified atom stereocenters. The van der Waals surface area contributed by atoms with Crippen LogP contribution < -0.4 is 15.4 Å². The number of aromatic nitrogens is 5. The Morgan fingerprint density at radius 2 is 1.75 bits per heavy atom. The summed E-state index contributed by atoms with van der Waals surface area (Å²) >= 11 is 6.59. The number of benzene rings is 2. The molecule has 0 radical (unpaired) electrons. The quantitative estimate of drug-likeness (QED) is 0.130. The van der Waals surface area contributed by atoms with Gasteiger partial charge in [-0.25, -0.2) is 26.0 Å². The first-order valence-corrected chi connectivity index (χ1v) is 19.5. The second-order valence-electron chi connectivity index (χ2n) is 14.0. The van der Waals surface area contributed by atoms with Crippen LogP contribution in [-0.2, 0) is 52.0 Å². The molecule has 296 valence electrons. The van der Waals surface area contributed by atoms with E-state index in [0.717, 1.165) is 18.4 Å². The summed E-state index contributed by atoms with van der Waals surface area (Å²) in [6.45, 7) is 1.68. The number of anilines is 2. The third kappa shape index (κ3) is 7.06. The Balaban J connectivity index is 1.40. The Labute approximate surface area is 320 Å². The van der Waals surface area contributed by atoms with Crippen molar-refractivity contribution in [3.8, 4) is 11.1 Å². The lowest BCUT2D eigenvalue weighted by molar-refractivity contribution is -0.123. The number of amides is 2. The number of rotatable bonds is 10. The maximum absolute atomic E-state index is 15.6. The number of aryl methyl sites for hydroxylation is 2.